The van der Waals surface area contributed by atoms with Crippen molar-refractivity contribution in [3.8, 4) is 0 Å². The van der Waals surface area contributed by atoms with E-state index in [0.29, 0.717) is 42.3 Å². The highest BCUT2D eigenvalue weighted by Crippen LogP contribution is 2.33. The first-order chi connectivity index (χ1) is 9.42. The third kappa shape index (κ3) is 6.18. The number of hydrogen-bond acceptors (Lipinski definition) is 3. The lowest BCUT2D eigenvalue weighted by Gasteiger charge is -2.36. The highest BCUT2D eigenvalue weighted by atomic mass is 32.1. The van der Waals surface area contributed by atoms with Gasteiger partial charge < -0.3 is 15.4 Å². The largest absolute Gasteiger partial charge is 0.393 e. The zero-order chi connectivity index (χ0) is 15.1. The predicted octanol–water partition coefficient (Wildman–Crippen LogP) is 2.35. The van der Waals surface area contributed by atoms with Crippen molar-refractivity contribution >= 4 is 23.1 Å². The van der Waals surface area contributed by atoms with Gasteiger partial charge in [-0.3, -0.25) is 4.79 Å². The number of hydrogen-bond donors (Lipinski definition) is 1. The molecule has 1 fully saturated rings. The molecule has 0 unspecified atom stereocenters. The minimum atomic E-state index is 0.231. The molecule has 0 aliphatic heterocycles. The second-order valence-corrected chi connectivity index (χ2v) is 6.59. The molecular weight excluding hydrogens is 272 g/mol. The van der Waals surface area contributed by atoms with Gasteiger partial charge in [-0.15, -0.1) is 0 Å². The molecule has 1 aliphatic carbocycles. The maximum atomic E-state index is 12.4. The molecule has 0 atom stereocenters. The van der Waals surface area contributed by atoms with E-state index in [2.05, 4.69) is 13.8 Å². The highest BCUT2D eigenvalue weighted by molar-refractivity contribution is 7.80. The van der Waals surface area contributed by atoms with Gasteiger partial charge in [-0.1, -0.05) is 26.1 Å². The van der Waals surface area contributed by atoms with E-state index in [1.807, 2.05) is 11.8 Å². The summed E-state index contributed by atoms with van der Waals surface area (Å²) in [5.41, 5.74) is 5.54. The Balaban J connectivity index is 2.37. The Labute approximate surface area is 128 Å². The molecule has 0 aromatic rings. The molecule has 1 amide bonds. The van der Waals surface area contributed by atoms with E-state index in [1.54, 1.807) is 0 Å². The fourth-order valence-corrected chi connectivity index (χ4v) is 2.68. The second-order valence-electron chi connectivity index (χ2n) is 6.07. The molecule has 0 heterocycles. The molecule has 20 heavy (non-hydrogen) atoms. The Morgan fingerprint density at radius 3 is 2.60 bits per heavy atom. The van der Waals surface area contributed by atoms with Gasteiger partial charge in [0, 0.05) is 32.5 Å². The quantitative estimate of drug-likeness (QED) is 0.664. The molecule has 1 aliphatic rings. The van der Waals surface area contributed by atoms with Crippen LogP contribution in [-0.2, 0) is 9.53 Å². The molecule has 1 saturated carbocycles. The van der Waals surface area contributed by atoms with E-state index in [4.69, 9.17) is 22.7 Å². The minimum absolute atomic E-state index is 0.231. The number of rotatable bonds is 9. The van der Waals surface area contributed by atoms with Crippen LogP contribution in [0.5, 0.6) is 0 Å². The Morgan fingerprint density at radius 1 is 1.45 bits per heavy atom. The van der Waals surface area contributed by atoms with Crippen LogP contribution in [0.4, 0.5) is 0 Å². The summed E-state index contributed by atoms with van der Waals surface area (Å²) in [6.45, 7) is 8.44. The fraction of sp³-hybridized carbons (Fsp3) is 0.867. The molecule has 116 valence electrons. The van der Waals surface area contributed by atoms with Crippen LogP contribution < -0.4 is 5.73 Å². The third-order valence-electron chi connectivity index (χ3n) is 3.62. The molecule has 1 rings (SSSR count). The summed E-state index contributed by atoms with van der Waals surface area (Å²) in [6, 6.07) is 0. The number of ether oxygens (including phenoxy) is 1. The summed E-state index contributed by atoms with van der Waals surface area (Å²) < 4.78 is 5.54. The lowest BCUT2D eigenvalue weighted by atomic mass is 9.79. The van der Waals surface area contributed by atoms with E-state index in [1.165, 1.54) is 0 Å². The van der Waals surface area contributed by atoms with E-state index in [-0.39, 0.29) is 5.91 Å². The van der Waals surface area contributed by atoms with E-state index in [9.17, 15) is 4.79 Å². The topological polar surface area (TPSA) is 55.6 Å². The van der Waals surface area contributed by atoms with Gasteiger partial charge in [-0.05, 0) is 31.6 Å². The van der Waals surface area contributed by atoms with Gasteiger partial charge in [0.25, 0.3) is 0 Å². The van der Waals surface area contributed by atoms with Gasteiger partial charge in [0.1, 0.15) is 0 Å². The van der Waals surface area contributed by atoms with Crippen molar-refractivity contribution in [2.45, 2.75) is 52.6 Å². The molecule has 0 spiro atoms. The van der Waals surface area contributed by atoms with E-state index >= 15 is 0 Å². The second kappa shape index (κ2) is 8.57. The lowest BCUT2D eigenvalue weighted by Crippen LogP contribution is -2.40. The number of thiocarbonyl (C=S) groups is 1. The molecular formula is C15H28N2O2S. The zero-order valence-electron chi connectivity index (χ0n) is 12.9. The van der Waals surface area contributed by atoms with Crippen LogP contribution in [0, 0.1) is 11.8 Å². The van der Waals surface area contributed by atoms with E-state index in [0.717, 1.165) is 26.0 Å². The molecule has 0 aromatic carbocycles. The van der Waals surface area contributed by atoms with Gasteiger partial charge in [-0.25, -0.2) is 0 Å². The van der Waals surface area contributed by atoms with Crippen molar-refractivity contribution in [1.29, 1.82) is 0 Å². The SMILES string of the molecule is CCOC1CC(CC(=O)N(CCC(N)=S)CC(C)C)C1. The summed E-state index contributed by atoms with van der Waals surface area (Å²) in [5.74, 6) is 1.18. The fourth-order valence-electron chi connectivity index (χ4n) is 2.59. The molecule has 0 radical (unpaired) electrons. The maximum absolute atomic E-state index is 12.4. The minimum Gasteiger partial charge on any atom is -0.393 e. The van der Waals surface area contributed by atoms with Crippen molar-refractivity contribution in [1.82, 2.24) is 4.90 Å². The van der Waals surface area contributed by atoms with Gasteiger partial charge in [-0.2, -0.15) is 0 Å². The van der Waals surface area contributed by atoms with Gasteiger partial charge in [0.2, 0.25) is 5.91 Å². The van der Waals surface area contributed by atoms with Crippen LogP contribution in [0.2, 0.25) is 0 Å². The molecule has 5 heteroatoms. The van der Waals surface area contributed by atoms with Crippen molar-refractivity contribution in [3.63, 3.8) is 0 Å². The highest BCUT2D eigenvalue weighted by Gasteiger charge is 2.32. The Hall–Kier alpha value is -0.680. The first-order valence-corrected chi connectivity index (χ1v) is 8.00. The summed E-state index contributed by atoms with van der Waals surface area (Å²) in [4.78, 5) is 14.8. The number of carbonyl (C=O) groups is 1. The molecule has 0 bridgehead atoms. The van der Waals surface area contributed by atoms with Gasteiger partial charge in [0.15, 0.2) is 0 Å². The molecule has 4 nitrogen and oxygen atoms in total. The first kappa shape index (κ1) is 17.4. The number of amides is 1. The van der Waals surface area contributed by atoms with Crippen LogP contribution in [0.25, 0.3) is 0 Å². The smallest absolute Gasteiger partial charge is 0.222 e. The third-order valence-corrected chi connectivity index (χ3v) is 3.83. The number of nitrogens with two attached hydrogens (primary N) is 1. The Bertz CT molecular complexity index is 328. The van der Waals surface area contributed by atoms with Gasteiger partial charge >= 0.3 is 0 Å². The van der Waals surface area contributed by atoms with Crippen LogP contribution in [0.1, 0.15) is 46.5 Å². The maximum Gasteiger partial charge on any atom is 0.222 e. The van der Waals surface area contributed by atoms with Crippen molar-refractivity contribution < 1.29 is 9.53 Å². The molecule has 0 aromatic heterocycles. The molecule has 2 N–H and O–H groups in total. The first-order valence-electron chi connectivity index (χ1n) is 7.60. The average molecular weight is 300 g/mol. The zero-order valence-corrected chi connectivity index (χ0v) is 13.7. The monoisotopic (exact) mass is 300 g/mol. The van der Waals surface area contributed by atoms with Crippen molar-refractivity contribution in [2.75, 3.05) is 19.7 Å². The van der Waals surface area contributed by atoms with E-state index < -0.39 is 0 Å². The summed E-state index contributed by atoms with van der Waals surface area (Å²) in [7, 11) is 0. The molecule has 0 saturated heterocycles. The van der Waals surface area contributed by atoms with Crippen LogP contribution >= 0.6 is 12.2 Å². The Kier molecular flexibility index (Phi) is 7.45. The normalized spacial score (nSPS) is 21.6. The Morgan fingerprint density at radius 2 is 2.10 bits per heavy atom. The van der Waals surface area contributed by atoms with Crippen LogP contribution in [0.3, 0.4) is 0 Å². The van der Waals surface area contributed by atoms with Gasteiger partial charge in [0.05, 0.1) is 11.1 Å². The number of carbonyl (C=O) groups excluding carboxylic acids is 1. The predicted molar refractivity (Wildman–Crippen MR) is 85.6 cm³/mol. The summed E-state index contributed by atoms with van der Waals surface area (Å²) in [6.07, 6.45) is 3.65. The average Bonchev–Trinajstić information content (AvgIpc) is 2.31. The standard InChI is InChI=1S/C15H28N2O2S/c1-4-19-13-7-12(8-13)9-15(18)17(10-11(2)3)6-5-14(16)20/h11-13H,4-10H2,1-3H3,(H2,16,20). The summed E-state index contributed by atoms with van der Waals surface area (Å²) >= 11 is 4.90. The number of nitrogens with zero attached hydrogens (tertiary/aromatic N) is 1. The van der Waals surface area contributed by atoms with Crippen molar-refractivity contribution in [3.05, 3.63) is 0 Å². The van der Waals surface area contributed by atoms with Crippen LogP contribution in [-0.4, -0.2) is 41.6 Å². The summed E-state index contributed by atoms with van der Waals surface area (Å²) in [5, 5.41) is 0. The van der Waals surface area contributed by atoms with Crippen LogP contribution in [0.15, 0.2) is 0 Å². The van der Waals surface area contributed by atoms with Crippen molar-refractivity contribution in [2.24, 2.45) is 17.6 Å². The lowest BCUT2D eigenvalue weighted by molar-refractivity contribution is -0.135.